The van der Waals surface area contributed by atoms with Gasteiger partial charge < -0.3 is 5.11 Å². The normalized spacial score (nSPS) is 14.7. The van der Waals surface area contributed by atoms with E-state index in [2.05, 4.69) is 21.0 Å². The van der Waals surface area contributed by atoms with Crippen LogP contribution < -0.4 is 0 Å². The van der Waals surface area contributed by atoms with Gasteiger partial charge in [-0.15, -0.1) is 0 Å². The number of hydrogen-bond donors (Lipinski definition) is 1. The lowest BCUT2D eigenvalue weighted by molar-refractivity contribution is -0.209. The Balaban J connectivity index is 3.18. The van der Waals surface area contributed by atoms with Crippen LogP contribution in [0.2, 0.25) is 0 Å². The fourth-order valence-electron chi connectivity index (χ4n) is 1.17. The average molecular weight is 287 g/mol. The van der Waals surface area contributed by atoms with E-state index in [9.17, 15) is 13.2 Å². The van der Waals surface area contributed by atoms with Crippen LogP contribution in [0.15, 0.2) is 10.7 Å². The number of aromatic nitrogens is 2. The molecular formula is C8H10BrF3N2O. The van der Waals surface area contributed by atoms with Crippen LogP contribution in [0.5, 0.6) is 0 Å². The van der Waals surface area contributed by atoms with Gasteiger partial charge in [-0.05, 0) is 29.8 Å². The first kappa shape index (κ1) is 12.5. The highest BCUT2D eigenvalue weighted by Crippen LogP contribution is 2.36. The van der Waals surface area contributed by atoms with Crippen molar-refractivity contribution in [3.8, 4) is 0 Å². The third-order valence-corrected chi connectivity index (χ3v) is 2.46. The van der Waals surface area contributed by atoms with Crippen molar-refractivity contribution in [1.82, 2.24) is 9.78 Å². The van der Waals surface area contributed by atoms with Crippen molar-refractivity contribution in [3.05, 3.63) is 16.4 Å². The number of hydrogen-bond acceptors (Lipinski definition) is 2. The Morgan fingerprint density at radius 3 is 2.40 bits per heavy atom. The summed E-state index contributed by atoms with van der Waals surface area (Å²) in [4.78, 5) is 0. The molecule has 1 aromatic rings. The minimum atomic E-state index is -4.69. The summed E-state index contributed by atoms with van der Waals surface area (Å²) in [7, 11) is 0. The van der Waals surface area contributed by atoms with Gasteiger partial charge in [0.1, 0.15) is 0 Å². The van der Waals surface area contributed by atoms with Gasteiger partial charge in [0.2, 0.25) is 0 Å². The summed E-state index contributed by atoms with van der Waals surface area (Å²) in [6.45, 7) is 3.37. The second-order valence-corrected chi connectivity index (χ2v) is 4.21. The van der Waals surface area contributed by atoms with Gasteiger partial charge in [-0.25, -0.2) is 0 Å². The van der Waals surface area contributed by atoms with Crippen LogP contribution in [0.25, 0.3) is 0 Å². The minimum absolute atomic E-state index is 0.154. The van der Waals surface area contributed by atoms with E-state index in [0.717, 1.165) is 4.68 Å². The van der Waals surface area contributed by atoms with Crippen LogP contribution in [-0.2, 0) is 0 Å². The smallest absolute Gasteiger partial charge is 0.378 e. The molecule has 0 aromatic carbocycles. The predicted molar refractivity (Wildman–Crippen MR) is 51.3 cm³/mol. The molecule has 0 amide bonds. The first-order valence-corrected chi connectivity index (χ1v) is 5.02. The van der Waals surface area contributed by atoms with Gasteiger partial charge >= 0.3 is 6.18 Å². The molecule has 1 rings (SSSR count). The first-order valence-electron chi connectivity index (χ1n) is 4.22. The second-order valence-electron chi connectivity index (χ2n) is 3.36. The second kappa shape index (κ2) is 4.13. The molecule has 0 aliphatic heterocycles. The fraction of sp³-hybridized carbons (Fsp3) is 0.625. The lowest BCUT2D eigenvalue weighted by Gasteiger charge is -2.18. The number of rotatable bonds is 2. The zero-order valence-corrected chi connectivity index (χ0v) is 9.67. The van der Waals surface area contributed by atoms with Gasteiger partial charge in [-0.2, -0.15) is 18.3 Å². The molecule has 0 bridgehead atoms. The molecule has 7 heteroatoms. The van der Waals surface area contributed by atoms with Crippen LogP contribution in [-0.4, -0.2) is 21.1 Å². The quantitative estimate of drug-likeness (QED) is 0.908. The van der Waals surface area contributed by atoms with E-state index in [0.29, 0.717) is 0 Å². The van der Waals surface area contributed by atoms with Gasteiger partial charge in [0.05, 0.1) is 16.4 Å². The largest absolute Gasteiger partial charge is 0.420 e. The highest BCUT2D eigenvalue weighted by atomic mass is 79.9. The summed E-state index contributed by atoms with van der Waals surface area (Å²) in [6, 6.07) is -0.247. The van der Waals surface area contributed by atoms with Crippen molar-refractivity contribution in [1.29, 1.82) is 0 Å². The Bertz CT molecular complexity index is 348. The summed E-state index contributed by atoms with van der Waals surface area (Å²) >= 11 is 2.94. The highest BCUT2D eigenvalue weighted by molar-refractivity contribution is 9.10. The molecule has 0 radical (unpaired) electrons. The third kappa shape index (κ3) is 2.52. The Morgan fingerprint density at radius 1 is 1.47 bits per heavy atom. The molecule has 3 nitrogen and oxygen atoms in total. The molecule has 0 saturated carbocycles. The SMILES string of the molecule is CC(C)n1ncc(Br)c1[C@@H](O)C(F)(F)F. The van der Waals surface area contributed by atoms with Gasteiger partial charge in [0.15, 0.2) is 6.10 Å². The molecule has 1 N–H and O–H groups in total. The maximum Gasteiger partial charge on any atom is 0.420 e. The number of halogens is 4. The molecular weight excluding hydrogens is 277 g/mol. The number of alkyl halides is 3. The Morgan fingerprint density at radius 2 is 2.00 bits per heavy atom. The zero-order valence-electron chi connectivity index (χ0n) is 8.09. The Kier molecular flexibility index (Phi) is 3.44. The Hall–Kier alpha value is -0.560. The lowest BCUT2D eigenvalue weighted by Crippen LogP contribution is -2.24. The average Bonchev–Trinajstić information content (AvgIpc) is 2.44. The summed E-state index contributed by atoms with van der Waals surface area (Å²) in [5.41, 5.74) is -0.266. The van der Waals surface area contributed by atoms with E-state index in [-0.39, 0.29) is 16.2 Å². The predicted octanol–water partition coefficient (Wildman–Crippen LogP) is 2.82. The molecule has 0 spiro atoms. The van der Waals surface area contributed by atoms with E-state index >= 15 is 0 Å². The van der Waals surface area contributed by atoms with E-state index < -0.39 is 12.3 Å². The number of aliphatic hydroxyl groups is 1. The maximum atomic E-state index is 12.3. The Labute approximate surface area is 93.0 Å². The van der Waals surface area contributed by atoms with Crippen molar-refractivity contribution < 1.29 is 18.3 Å². The number of aliphatic hydroxyl groups excluding tert-OH is 1. The van der Waals surface area contributed by atoms with Crippen molar-refractivity contribution in [2.75, 3.05) is 0 Å². The van der Waals surface area contributed by atoms with E-state index in [1.54, 1.807) is 13.8 Å². The molecule has 0 aliphatic rings. The van der Waals surface area contributed by atoms with Crippen LogP contribution >= 0.6 is 15.9 Å². The molecule has 0 aliphatic carbocycles. The van der Waals surface area contributed by atoms with E-state index in [1.807, 2.05) is 0 Å². The molecule has 15 heavy (non-hydrogen) atoms. The van der Waals surface area contributed by atoms with Gasteiger partial charge in [0.25, 0.3) is 0 Å². The van der Waals surface area contributed by atoms with Crippen LogP contribution in [0, 0.1) is 0 Å². The lowest BCUT2D eigenvalue weighted by atomic mass is 10.2. The monoisotopic (exact) mass is 286 g/mol. The first-order chi connectivity index (χ1) is 6.75. The molecule has 0 saturated heterocycles. The van der Waals surface area contributed by atoms with Gasteiger partial charge in [0, 0.05) is 6.04 Å². The van der Waals surface area contributed by atoms with E-state index in [4.69, 9.17) is 5.11 Å². The third-order valence-electron chi connectivity index (χ3n) is 1.85. The van der Waals surface area contributed by atoms with Crippen LogP contribution in [0.3, 0.4) is 0 Å². The standard InChI is InChI=1S/C8H10BrF3N2O/c1-4(2)14-6(5(9)3-13-14)7(15)8(10,11)12/h3-4,7,15H,1-2H3/t7-/m1/s1. The molecule has 1 aromatic heterocycles. The number of nitrogens with zero attached hydrogens (tertiary/aromatic N) is 2. The maximum absolute atomic E-state index is 12.3. The van der Waals surface area contributed by atoms with Gasteiger partial charge in [-0.1, -0.05) is 0 Å². The van der Waals surface area contributed by atoms with Crippen molar-refractivity contribution in [2.45, 2.75) is 32.2 Å². The van der Waals surface area contributed by atoms with Crippen molar-refractivity contribution in [3.63, 3.8) is 0 Å². The van der Waals surface area contributed by atoms with Crippen LogP contribution in [0.4, 0.5) is 13.2 Å². The summed E-state index contributed by atoms with van der Waals surface area (Å²) < 4.78 is 38.3. The topological polar surface area (TPSA) is 38.0 Å². The summed E-state index contributed by atoms with van der Waals surface area (Å²) in [5.74, 6) is 0. The molecule has 1 atom stereocenters. The molecule has 0 fully saturated rings. The summed E-state index contributed by atoms with van der Waals surface area (Å²) in [6.07, 6.45) is -5.96. The summed E-state index contributed by atoms with van der Waals surface area (Å²) in [5, 5.41) is 12.9. The highest BCUT2D eigenvalue weighted by Gasteiger charge is 2.42. The molecule has 86 valence electrons. The molecule has 1 heterocycles. The molecule has 0 unspecified atom stereocenters. The van der Waals surface area contributed by atoms with Crippen molar-refractivity contribution in [2.24, 2.45) is 0 Å². The van der Waals surface area contributed by atoms with Crippen LogP contribution in [0.1, 0.15) is 31.7 Å². The zero-order chi connectivity index (χ0) is 11.8. The minimum Gasteiger partial charge on any atom is -0.378 e. The van der Waals surface area contributed by atoms with E-state index in [1.165, 1.54) is 6.20 Å². The van der Waals surface area contributed by atoms with Crippen molar-refractivity contribution >= 4 is 15.9 Å². The fourth-order valence-corrected chi connectivity index (χ4v) is 1.66. The van der Waals surface area contributed by atoms with Gasteiger partial charge in [-0.3, -0.25) is 4.68 Å².